The lowest BCUT2D eigenvalue weighted by Gasteiger charge is -2.24. The highest BCUT2D eigenvalue weighted by molar-refractivity contribution is 5.85. The number of halogens is 3. The van der Waals surface area contributed by atoms with Crippen LogP contribution >= 0.6 is 12.4 Å². The molecule has 1 aliphatic rings. The zero-order valence-corrected chi connectivity index (χ0v) is 9.12. The van der Waals surface area contributed by atoms with Gasteiger partial charge in [0.15, 0.2) is 11.6 Å². The molecular formula is C11H14ClF2N. The molecule has 1 heterocycles. The molecule has 84 valence electrons. The van der Waals surface area contributed by atoms with E-state index in [0.29, 0.717) is 5.56 Å². The van der Waals surface area contributed by atoms with Crippen LogP contribution in [0.3, 0.4) is 0 Å². The Morgan fingerprint density at radius 2 is 2.00 bits per heavy atom. The van der Waals surface area contributed by atoms with Crippen LogP contribution in [-0.4, -0.2) is 6.54 Å². The molecule has 1 N–H and O–H groups in total. The van der Waals surface area contributed by atoms with Crippen molar-refractivity contribution in [2.75, 3.05) is 6.54 Å². The summed E-state index contributed by atoms with van der Waals surface area (Å²) in [6, 6.07) is 4.35. The first-order valence-electron chi connectivity index (χ1n) is 4.96. The van der Waals surface area contributed by atoms with E-state index in [0.717, 1.165) is 31.9 Å². The SMILES string of the molecule is Cl.Fc1cccc([C@@H]2CCCCN2)c1F. The topological polar surface area (TPSA) is 12.0 Å². The van der Waals surface area contributed by atoms with Crippen LogP contribution in [-0.2, 0) is 0 Å². The lowest BCUT2D eigenvalue weighted by Crippen LogP contribution is -2.27. The zero-order chi connectivity index (χ0) is 9.97. The van der Waals surface area contributed by atoms with Gasteiger partial charge in [-0.15, -0.1) is 12.4 Å². The van der Waals surface area contributed by atoms with E-state index in [2.05, 4.69) is 5.32 Å². The Kier molecular flexibility index (Phi) is 4.48. The van der Waals surface area contributed by atoms with Crippen LogP contribution < -0.4 is 5.32 Å². The fourth-order valence-corrected chi connectivity index (χ4v) is 1.91. The average molecular weight is 234 g/mol. The summed E-state index contributed by atoms with van der Waals surface area (Å²) in [4.78, 5) is 0. The predicted molar refractivity (Wildman–Crippen MR) is 58.2 cm³/mol. The second-order valence-corrected chi connectivity index (χ2v) is 3.65. The summed E-state index contributed by atoms with van der Waals surface area (Å²) in [5.74, 6) is -1.46. The molecule has 1 atom stereocenters. The maximum Gasteiger partial charge on any atom is 0.163 e. The Hall–Kier alpha value is -0.670. The van der Waals surface area contributed by atoms with Crippen molar-refractivity contribution in [3.8, 4) is 0 Å². The average Bonchev–Trinajstić information content (AvgIpc) is 2.23. The lowest BCUT2D eigenvalue weighted by atomic mass is 9.97. The predicted octanol–water partition coefficient (Wildman–Crippen LogP) is 3.20. The molecule has 15 heavy (non-hydrogen) atoms. The highest BCUT2D eigenvalue weighted by atomic mass is 35.5. The van der Waals surface area contributed by atoms with Gasteiger partial charge in [0.25, 0.3) is 0 Å². The largest absolute Gasteiger partial charge is 0.310 e. The molecular weight excluding hydrogens is 220 g/mol. The normalized spacial score (nSPS) is 20.8. The van der Waals surface area contributed by atoms with E-state index in [1.807, 2.05) is 0 Å². The minimum atomic E-state index is -0.755. The Balaban J connectivity index is 0.00000112. The monoisotopic (exact) mass is 233 g/mol. The molecule has 0 aromatic heterocycles. The quantitative estimate of drug-likeness (QED) is 0.786. The third kappa shape index (κ3) is 2.67. The van der Waals surface area contributed by atoms with Gasteiger partial charge in [0.1, 0.15) is 0 Å². The highest BCUT2D eigenvalue weighted by Gasteiger charge is 2.19. The van der Waals surface area contributed by atoms with Crippen molar-refractivity contribution in [3.05, 3.63) is 35.4 Å². The van der Waals surface area contributed by atoms with Gasteiger partial charge >= 0.3 is 0 Å². The minimum absolute atomic E-state index is 0. The Labute approximate surface area is 94.3 Å². The summed E-state index contributed by atoms with van der Waals surface area (Å²) >= 11 is 0. The number of benzene rings is 1. The molecule has 0 saturated carbocycles. The molecule has 1 saturated heterocycles. The first kappa shape index (κ1) is 12.4. The van der Waals surface area contributed by atoms with Crippen LogP contribution in [0.4, 0.5) is 8.78 Å². The molecule has 1 aromatic carbocycles. The molecule has 1 nitrogen and oxygen atoms in total. The summed E-state index contributed by atoms with van der Waals surface area (Å²) in [7, 11) is 0. The van der Waals surface area contributed by atoms with Crippen molar-refractivity contribution >= 4 is 12.4 Å². The zero-order valence-electron chi connectivity index (χ0n) is 8.30. The molecule has 1 fully saturated rings. The molecule has 0 spiro atoms. The van der Waals surface area contributed by atoms with Crippen LogP contribution in [0.25, 0.3) is 0 Å². The van der Waals surface area contributed by atoms with Crippen LogP contribution in [0.15, 0.2) is 18.2 Å². The summed E-state index contributed by atoms with van der Waals surface area (Å²) in [6.07, 6.45) is 3.08. The minimum Gasteiger partial charge on any atom is -0.310 e. The summed E-state index contributed by atoms with van der Waals surface area (Å²) in [5.41, 5.74) is 0.463. The van der Waals surface area contributed by atoms with E-state index >= 15 is 0 Å². The van der Waals surface area contributed by atoms with E-state index in [-0.39, 0.29) is 18.4 Å². The van der Waals surface area contributed by atoms with Gasteiger partial charge in [0, 0.05) is 11.6 Å². The number of piperidine rings is 1. The number of nitrogens with one attached hydrogen (secondary N) is 1. The maximum absolute atomic E-state index is 13.4. The summed E-state index contributed by atoms with van der Waals surface area (Å²) in [5, 5.41) is 3.20. The Morgan fingerprint density at radius 1 is 1.20 bits per heavy atom. The van der Waals surface area contributed by atoms with Crippen molar-refractivity contribution in [2.45, 2.75) is 25.3 Å². The van der Waals surface area contributed by atoms with Crippen molar-refractivity contribution in [1.29, 1.82) is 0 Å². The van der Waals surface area contributed by atoms with Gasteiger partial charge in [-0.2, -0.15) is 0 Å². The van der Waals surface area contributed by atoms with Gasteiger partial charge in [-0.05, 0) is 25.5 Å². The molecule has 2 rings (SSSR count). The fourth-order valence-electron chi connectivity index (χ4n) is 1.91. The lowest BCUT2D eigenvalue weighted by molar-refractivity contribution is 0.391. The van der Waals surface area contributed by atoms with E-state index in [9.17, 15) is 8.78 Å². The van der Waals surface area contributed by atoms with Gasteiger partial charge in [-0.3, -0.25) is 0 Å². The summed E-state index contributed by atoms with van der Waals surface area (Å²) < 4.78 is 26.3. The molecule has 1 aliphatic heterocycles. The van der Waals surface area contributed by atoms with Gasteiger partial charge in [-0.25, -0.2) is 8.78 Å². The first-order valence-corrected chi connectivity index (χ1v) is 4.96. The second-order valence-electron chi connectivity index (χ2n) is 3.65. The molecule has 0 radical (unpaired) electrons. The van der Waals surface area contributed by atoms with Crippen LogP contribution in [0, 0.1) is 11.6 Å². The van der Waals surface area contributed by atoms with Gasteiger partial charge < -0.3 is 5.32 Å². The number of rotatable bonds is 1. The van der Waals surface area contributed by atoms with Gasteiger partial charge in [0.05, 0.1) is 0 Å². The van der Waals surface area contributed by atoms with E-state index < -0.39 is 11.6 Å². The van der Waals surface area contributed by atoms with Crippen LogP contribution in [0.5, 0.6) is 0 Å². The number of hydrogen-bond acceptors (Lipinski definition) is 1. The highest BCUT2D eigenvalue weighted by Crippen LogP contribution is 2.25. The molecule has 0 unspecified atom stereocenters. The van der Waals surface area contributed by atoms with Gasteiger partial charge in [0.2, 0.25) is 0 Å². The third-order valence-corrected chi connectivity index (χ3v) is 2.67. The van der Waals surface area contributed by atoms with E-state index in [4.69, 9.17) is 0 Å². The third-order valence-electron chi connectivity index (χ3n) is 2.67. The fraction of sp³-hybridized carbons (Fsp3) is 0.455. The van der Waals surface area contributed by atoms with Crippen LogP contribution in [0.1, 0.15) is 30.9 Å². The smallest absolute Gasteiger partial charge is 0.163 e. The Bertz CT molecular complexity index is 324. The maximum atomic E-state index is 13.4. The van der Waals surface area contributed by atoms with Crippen molar-refractivity contribution < 1.29 is 8.78 Å². The first-order chi connectivity index (χ1) is 6.79. The van der Waals surface area contributed by atoms with E-state index in [1.165, 1.54) is 0 Å². The molecule has 0 aliphatic carbocycles. The molecule has 1 aromatic rings. The number of hydrogen-bond donors (Lipinski definition) is 1. The molecule has 0 amide bonds. The standard InChI is InChI=1S/C11H13F2N.ClH/c12-9-5-3-4-8(11(9)13)10-6-1-2-7-14-10;/h3-5,10,14H,1-2,6-7H2;1H/t10-;/m0./s1. The van der Waals surface area contributed by atoms with Crippen LogP contribution in [0.2, 0.25) is 0 Å². The molecule has 4 heteroatoms. The van der Waals surface area contributed by atoms with Crippen molar-refractivity contribution in [2.24, 2.45) is 0 Å². The van der Waals surface area contributed by atoms with Gasteiger partial charge in [-0.1, -0.05) is 18.6 Å². The van der Waals surface area contributed by atoms with E-state index in [1.54, 1.807) is 12.1 Å². The van der Waals surface area contributed by atoms with Crippen molar-refractivity contribution in [3.63, 3.8) is 0 Å². The molecule has 0 bridgehead atoms. The summed E-state index contributed by atoms with van der Waals surface area (Å²) in [6.45, 7) is 0.890. The Morgan fingerprint density at radius 3 is 2.67 bits per heavy atom. The van der Waals surface area contributed by atoms with Crippen molar-refractivity contribution in [1.82, 2.24) is 5.32 Å². The second kappa shape index (κ2) is 5.42.